The molecule has 0 bridgehead atoms. The van der Waals surface area contributed by atoms with E-state index in [9.17, 15) is 52.1 Å². The van der Waals surface area contributed by atoms with Gasteiger partial charge in [-0.1, -0.05) is 29.9 Å². The summed E-state index contributed by atoms with van der Waals surface area (Å²) in [7, 11) is 7.02. The Hall–Kier alpha value is -16.8. The van der Waals surface area contributed by atoms with Gasteiger partial charge in [-0.15, -0.1) is 0 Å². The van der Waals surface area contributed by atoms with E-state index in [0.717, 1.165) is 102 Å². The van der Waals surface area contributed by atoms with Crippen LogP contribution in [0, 0.1) is 81.2 Å². The van der Waals surface area contributed by atoms with Gasteiger partial charge in [0.2, 0.25) is 0 Å². The number of carbonyl (C=O) groups is 3. The molecule has 0 unspecified atom stereocenters. The van der Waals surface area contributed by atoms with Crippen molar-refractivity contribution in [2.45, 2.75) is 6.18 Å². The van der Waals surface area contributed by atoms with E-state index in [1.54, 1.807) is 116 Å². The van der Waals surface area contributed by atoms with Gasteiger partial charge in [-0.2, -0.15) is 59.5 Å². The standard InChI is InChI=1S/C31H23F3N8O.C31H25FN8O2.C30H23FN8O/c1-39-19-25(18-37-39)23-14-27(30-24(15-35)17-38-42(30)20-23)22-6-7-28(36-16-22)40-9-11-41(12-10-40)29(43)8-5-21-3-2-4-26(13-21)31(32,33)34;1-37-19-25(18-35-37)23-13-28(31-24(15-33)17-36-40(31)20-23)22-4-5-29(34-16-22)38-7-9-39(10-8-38)30(41)6-3-21-11-26(32)14-27(12-21)42-2;1-36-19-25(18-34-36)23-14-27(30-24(15-32)17-35-39(30)20-23)22-6-7-28(33-16-22)37-9-11-38(12-10-37)29(40)8-5-21-3-2-4-26(31)13-21/h2-4,6-7,13-14,16-20H,9-12H2,1H3;4-5,11-14,16-20H,7-10H2,1-2H3;2-4,6-7,13-14,16-20H,9-12H2,1H3. The van der Waals surface area contributed by atoms with Crippen molar-refractivity contribution in [2.24, 2.45) is 21.1 Å². The van der Waals surface area contributed by atoms with Crippen LogP contribution in [0.3, 0.4) is 0 Å². The zero-order valence-corrected chi connectivity index (χ0v) is 67.4. The lowest BCUT2D eigenvalue weighted by atomic mass is 10.0. The van der Waals surface area contributed by atoms with Gasteiger partial charge in [0.15, 0.2) is 0 Å². The number of nitriles is 3. The first kappa shape index (κ1) is 81.9. The number of carbonyl (C=O) groups excluding carboxylic acids is 3. The molecule has 3 saturated heterocycles. The number of rotatable bonds is 10. The number of ether oxygens (including phenoxy) is 1. The number of amides is 3. The largest absolute Gasteiger partial charge is 0.497 e. The van der Waals surface area contributed by atoms with Gasteiger partial charge in [0.25, 0.3) is 17.7 Å². The monoisotopic (exact) mass is 1670 g/mol. The molecule has 0 N–H and O–H groups in total. The zero-order chi connectivity index (χ0) is 87.0. The fraction of sp³-hybridized carbons (Fsp3) is 0.185. The minimum atomic E-state index is -4.47. The molecule has 0 radical (unpaired) electrons. The molecule has 12 aromatic heterocycles. The maximum atomic E-state index is 13.7. The van der Waals surface area contributed by atoms with Crippen LogP contribution >= 0.6 is 0 Å². The van der Waals surface area contributed by atoms with Gasteiger partial charge in [0.1, 0.15) is 53.0 Å². The van der Waals surface area contributed by atoms with Gasteiger partial charge in [-0.3, -0.25) is 28.4 Å². The fourth-order valence-electron chi connectivity index (χ4n) is 14.8. The molecule has 3 fully saturated rings. The van der Waals surface area contributed by atoms with E-state index in [1.165, 1.54) is 43.5 Å². The van der Waals surface area contributed by atoms with Crippen molar-refractivity contribution >= 4 is 51.7 Å². The van der Waals surface area contributed by atoms with Crippen LogP contribution in [-0.2, 0) is 41.7 Å². The van der Waals surface area contributed by atoms with Gasteiger partial charge in [0, 0.05) is 263 Å². The molecule has 18 rings (SSSR count). The van der Waals surface area contributed by atoms with Crippen LogP contribution in [0.15, 0.2) is 214 Å². The predicted molar refractivity (Wildman–Crippen MR) is 454 cm³/mol. The van der Waals surface area contributed by atoms with Crippen molar-refractivity contribution in [3.8, 4) is 126 Å². The average molecular weight is 1670 g/mol. The normalized spacial score (nSPS) is 13.2. The Bertz CT molecular complexity index is 6990. The van der Waals surface area contributed by atoms with Crippen molar-refractivity contribution < 1.29 is 41.1 Å². The third kappa shape index (κ3) is 18.4. The van der Waals surface area contributed by atoms with Crippen molar-refractivity contribution in [2.75, 3.05) is 100 Å². The van der Waals surface area contributed by atoms with Gasteiger partial charge in [0.05, 0.1) is 83.1 Å². The number of anilines is 3. The molecule has 15 aromatic rings. The highest BCUT2D eigenvalue weighted by Gasteiger charge is 2.31. The number of halogens is 5. The Morgan fingerprint density at radius 3 is 1.04 bits per heavy atom. The Morgan fingerprint density at radius 2 is 0.720 bits per heavy atom. The Kier molecular flexibility index (Phi) is 23.4. The summed E-state index contributed by atoms with van der Waals surface area (Å²) < 4.78 is 81.3. The first-order valence-corrected chi connectivity index (χ1v) is 39.2. The Balaban J connectivity index is 0.000000138. The zero-order valence-electron chi connectivity index (χ0n) is 67.4. The van der Waals surface area contributed by atoms with E-state index in [2.05, 4.69) is 104 Å². The number of nitrogens with zero attached hydrogens (tertiary/aromatic N) is 24. The summed E-state index contributed by atoms with van der Waals surface area (Å²) in [5.74, 6) is 16.5. The minimum absolute atomic E-state index is 0.132. The van der Waals surface area contributed by atoms with E-state index in [-0.39, 0.29) is 23.2 Å². The average Bonchev–Trinajstić information content (AvgIpc) is 1.65. The number of piperazine rings is 3. The molecule has 0 aliphatic carbocycles. The smallest absolute Gasteiger partial charge is 0.416 e. The number of benzene rings is 3. The lowest BCUT2D eigenvalue weighted by molar-refractivity contribution is -0.137. The summed E-state index contributed by atoms with van der Waals surface area (Å²) in [6, 6.07) is 39.0. The van der Waals surface area contributed by atoms with E-state index in [4.69, 9.17) is 14.7 Å². The predicted octanol–water partition coefficient (Wildman–Crippen LogP) is 11.4. The van der Waals surface area contributed by atoms with Crippen LogP contribution in [-0.4, -0.2) is 191 Å². The van der Waals surface area contributed by atoms with Gasteiger partial charge >= 0.3 is 6.18 Å². The van der Waals surface area contributed by atoms with E-state index in [1.807, 2.05) is 113 Å². The molecular formula is C92H71F5N24O4. The first-order chi connectivity index (χ1) is 60.6. The molecule has 15 heterocycles. The number of alkyl halides is 3. The van der Waals surface area contributed by atoms with Crippen molar-refractivity contribution in [1.82, 2.24) is 87.8 Å². The molecule has 3 aliphatic heterocycles. The maximum absolute atomic E-state index is 13.7. The van der Waals surface area contributed by atoms with E-state index < -0.39 is 23.5 Å². The van der Waals surface area contributed by atoms with Crippen molar-refractivity contribution in [1.29, 1.82) is 15.8 Å². The summed E-state index contributed by atoms with van der Waals surface area (Å²) in [5, 5.41) is 55.0. The summed E-state index contributed by atoms with van der Waals surface area (Å²) in [5.41, 5.74) is 14.3. The van der Waals surface area contributed by atoms with E-state index in [0.29, 0.717) is 123 Å². The summed E-state index contributed by atoms with van der Waals surface area (Å²) in [4.78, 5) is 63.2. The number of fused-ring (bicyclic) bond motifs is 3. The van der Waals surface area contributed by atoms with E-state index >= 15 is 0 Å². The number of methoxy groups -OCH3 is 1. The van der Waals surface area contributed by atoms with Crippen molar-refractivity contribution in [3.63, 3.8) is 0 Å². The Labute approximate surface area is 711 Å². The highest BCUT2D eigenvalue weighted by Crippen LogP contribution is 2.37. The highest BCUT2D eigenvalue weighted by atomic mass is 19.4. The molecule has 3 aromatic carbocycles. The Morgan fingerprint density at radius 1 is 0.368 bits per heavy atom. The SMILES string of the molecule is COc1cc(F)cc(C#CC(=O)N2CCN(c3ccc(-c4cc(-c5cnn(C)c5)cn5ncc(C#N)c45)cn3)CC2)c1.Cn1cc(-c2cc(-c3ccc(N4CCN(C(=O)C#Cc5cccc(C(F)(F)F)c5)CC4)nc3)c3c(C#N)cnn3c2)cn1.Cn1cc(-c2cc(-c3ccc(N4CCN(C(=O)C#Cc5cccc(F)c5)CC4)nc3)c3c(C#N)cnn3c2)cn1. The third-order valence-corrected chi connectivity index (χ3v) is 21.2. The topological polar surface area (TPSA) is 295 Å². The van der Waals surface area contributed by atoms with Gasteiger partial charge in [-0.05, 0) is 103 Å². The number of aromatic nitrogens is 15. The maximum Gasteiger partial charge on any atom is 0.416 e. The third-order valence-electron chi connectivity index (χ3n) is 21.2. The highest BCUT2D eigenvalue weighted by molar-refractivity contribution is 5.96. The summed E-state index contributed by atoms with van der Waals surface area (Å²) in [6.45, 7) is 6.23. The van der Waals surface area contributed by atoms with Crippen LogP contribution in [0.5, 0.6) is 5.75 Å². The minimum Gasteiger partial charge on any atom is -0.497 e. The second-order valence-electron chi connectivity index (χ2n) is 29.3. The molecule has 618 valence electrons. The number of hydrogen-bond acceptors (Lipinski definition) is 19. The molecule has 125 heavy (non-hydrogen) atoms. The summed E-state index contributed by atoms with van der Waals surface area (Å²) >= 11 is 0. The molecule has 3 aliphatic rings. The van der Waals surface area contributed by atoms with Crippen LogP contribution < -0.4 is 19.4 Å². The van der Waals surface area contributed by atoms with Crippen molar-refractivity contribution in [3.05, 3.63) is 265 Å². The lowest BCUT2D eigenvalue weighted by Gasteiger charge is -2.34. The van der Waals surface area contributed by atoms with Crippen LogP contribution in [0.25, 0.3) is 83.3 Å². The van der Waals surface area contributed by atoms with Crippen LogP contribution in [0.4, 0.5) is 39.4 Å². The molecule has 3 amide bonds. The molecule has 0 saturated carbocycles. The number of pyridine rings is 6. The van der Waals surface area contributed by atoms with Crippen LogP contribution in [0.2, 0.25) is 0 Å². The quantitative estimate of drug-likeness (QED) is 0.0907. The molecule has 0 spiro atoms. The second kappa shape index (κ2) is 35.6. The second-order valence-corrected chi connectivity index (χ2v) is 29.3. The summed E-state index contributed by atoms with van der Waals surface area (Å²) in [6.07, 6.45) is 22.3. The van der Waals surface area contributed by atoms with Crippen LogP contribution in [0.1, 0.15) is 38.9 Å². The number of hydrogen-bond donors (Lipinski definition) is 0. The van der Waals surface area contributed by atoms with Gasteiger partial charge in [-0.25, -0.2) is 37.3 Å². The first-order valence-electron chi connectivity index (χ1n) is 39.2. The molecule has 33 heteroatoms. The molecular weight excluding hydrogens is 1600 g/mol. The fourth-order valence-corrected chi connectivity index (χ4v) is 14.8. The molecule has 28 nitrogen and oxygen atoms in total. The number of aryl methyl sites for hydroxylation is 3. The lowest BCUT2D eigenvalue weighted by Crippen LogP contribution is -2.48. The van der Waals surface area contributed by atoms with Gasteiger partial charge < -0.3 is 34.1 Å². The molecule has 0 atom stereocenters.